The van der Waals surface area contributed by atoms with E-state index in [0.717, 1.165) is 22.5 Å². The van der Waals surface area contributed by atoms with Gasteiger partial charge in [-0.2, -0.15) is 4.90 Å². The van der Waals surface area contributed by atoms with Gasteiger partial charge in [-0.1, -0.05) is 91.0 Å². The van der Waals surface area contributed by atoms with Crippen molar-refractivity contribution in [1.29, 1.82) is 5.41 Å². The Morgan fingerprint density at radius 1 is 0.917 bits per heavy atom. The standard InChI is InChI=1S/C36H41N5O6S/c1-36(2,3)47-34(44)40-28(20-25-15-9-5-10-16-25)29(42)21-27(19-24-13-7-4-8-14-24)31-39-22-30(48-31)32(43)41(33(37)38)35(45)46-23-26-17-11-6-12-18-26/h4-18,22,27-29,42H,19-21,23H2,1-3H3,(H3,37,38)(H,40,44)/t27?,28-,29-/m0/s1. The van der Waals surface area contributed by atoms with Gasteiger partial charge in [0.1, 0.15) is 17.1 Å². The van der Waals surface area contributed by atoms with Crippen LogP contribution in [-0.4, -0.2) is 56.8 Å². The maximum Gasteiger partial charge on any atom is 0.424 e. The van der Waals surface area contributed by atoms with Gasteiger partial charge in [-0.25, -0.2) is 14.6 Å². The number of benzene rings is 3. The zero-order chi connectivity index (χ0) is 34.7. The van der Waals surface area contributed by atoms with Crippen LogP contribution in [0.25, 0.3) is 0 Å². The second kappa shape index (κ2) is 16.7. The molecular formula is C36H41N5O6S. The number of nitrogens with zero attached hydrogens (tertiary/aromatic N) is 2. The Bertz CT molecular complexity index is 1660. The van der Waals surface area contributed by atoms with Gasteiger partial charge >= 0.3 is 12.2 Å². The zero-order valence-corrected chi connectivity index (χ0v) is 28.0. The molecule has 3 atom stereocenters. The van der Waals surface area contributed by atoms with Gasteiger partial charge in [-0.3, -0.25) is 10.2 Å². The van der Waals surface area contributed by atoms with Gasteiger partial charge in [0, 0.05) is 5.92 Å². The number of thiazole rings is 1. The molecule has 0 saturated heterocycles. The third kappa shape index (κ3) is 10.7. The van der Waals surface area contributed by atoms with Gasteiger partial charge in [0.05, 0.1) is 23.4 Å². The fourth-order valence-corrected chi connectivity index (χ4v) is 5.96. The quantitative estimate of drug-likeness (QED) is 0.105. The molecule has 0 radical (unpaired) electrons. The monoisotopic (exact) mass is 671 g/mol. The number of carbonyl (C=O) groups is 3. The van der Waals surface area contributed by atoms with Crippen molar-refractivity contribution in [2.45, 2.75) is 70.3 Å². The Morgan fingerprint density at radius 2 is 1.46 bits per heavy atom. The molecule has 0 spiro atoms. The van der Waals surface area contributed by atoms with Crippen LogP contribution in [0.15, 0.2) is 97.2 Å². The molecule has 11 nitrogen and oxygen atoms in total. The van der Waals surface area contributed by atoms with Crippen molar-refractivity contribution in [2.75, 3.05) is 0 Å². The highest BCUT2D eigenvalue weighted by Crippen LogP contribution is 2.31. The van der Waals surface area contributed by atoms with Crippen LogP contribution in [0.2, 0.25) is 0 Å². The van der Waals surface area contributed by atoms with E-state index in [-0.39, 0.29) is 23.8 Å². The molecule has 4 rings (SSSR count). The second-order valence-electron chi connectivity index (χ2n) is 12.3. The van der Waals surface area contributed by atoms with Crippen LogP contribution < -0.4 is 11.1 Å². The van der Waals surface area contributed by atoms with Gasteiger partial charge < -0.3 is 25.6 Å². The van der Waals surface area contributed by atoms with Crippen LogP contribution >= 0.6 is 11.3 Å². The fraction of sp³-hybridized carbons (Fsp3) is 0.306. The van der Waals surface area contributed by atoms with E-state index in [9.17, 15) is 19.5 Å². The van der Waals surface area contributed by atoms with E-state index in [1.807, 2.05) is 66.7 Å². The lowest BCUT2D eigenvalue weighted by Gasteiger charge is -2.29. The number of aromatic nitrogens is 1. The highest BCUT2D eigenvalue weighted by molar-refractivity contribution is 7.13. The molecule has 0 saturated carbocycles. The fourth-order valence-electron chi connectivity index (χ4n) is 5.00. The van der Waals surface area contributed by atoms with E-state index >= 15 is 0 Å². The predicted octanol–water partition coefficient (Wildman–Crippen LogP) is 6.03. The molecule has 1 unspecified atom stereocenters. The normalized spacial score (nSPS) is 13.1. The molecule has 0 aliphatic heterocycles. The Kier molecular flexibility index (Phi) is 12.4. The molecule has 0 aliphatic carbocycles. The van der Waals surface area contributed by atoms with E-state index in [1.165, 1.54) is 6.20 Å². The number of ether oxygens (including phenoxy) is 2. The number of carbonyl (C=O) groups excluding carboxylic acids is 3. The first-order chi connectivity index (χ1) is 22.9. The topological polar surface area (TPSA) is 168 Å². The maximum atomic E-state index is 13.5. The van der Waals surface area contributed by atoms with Crippen LogP contribution in [0, 0.1) is 5.41 Å². The summed E-state index contributed by atoms with van der Waals surface area (Å²) in [6.07, 6.45) is -0.436. The smallest absolute Gasteiger partial charge is 0.424 e. The Balaban J connectivity index is 1.57. The Hall–Kier alpha value is -5.07. The van der Waals surface area contributed by atoms with E-state index in [2.05, 4.69) is 10.3 Å². The lowest BCUT2D eigenvalue weighted by Crippen LogP contribution is -2.47. The summed E-state index contributed by atoms with van der Waals surface area (Å²) in [5.74, 6) is -2.03. The molecule has 3 aromatic carbocycles. The summed E-state index contributed by atoms with van der Waals surface area (Å²) >= 11 is 1.04. The summed E-state index contributed by atoms with van der Waals surface area (Å²) in [5.41, 5.74) is 7.52. The lowest BCUT2D eigenvalue weighted by molar-refractivity contribution is 0.0404. The summed E-state index contributed by atoms with van der Waals surface area (Å²) in [5, 5.41) is 22.9. The number of hydrogen-bond acceptors (Lipinski definition) is 9. The van der Waals surface area contributed by atoms with E-state index in [0.29, 0.717) is 28.3 Å². The van der Waals surface area contributed by atoms with Crippen molar-refractivity contribution in [3.8, 4) is 0 Å². The molecule has 1 heterocycles. The zero-order valence-electron chi connectivity index (χ0n) is 27.2. The molecule has 0 bridgehead atoms. The molecule has 12 heteroatoms. The number of amides is 3. The highest BCUT2D eigenvalue weighted by atomic mass is 32.1. The van der Waals surface area contributed by atoms with Gasteiger partial charge in [0.15, 0.2) is 0 Å². The van der Waals surface area contributed by atoms with E-state index < -0.39 is 41.8 Å². The summed E-state index contributed by atoms with van der Waals surface area (Å²) < 4.78 is 10.8. The second-order valence-corrected chi connectivity index (χ2v) is 13.3. The Morgan fingerprint density at radius 3 is 2.00 bits per heavy atom. The van der Waals surface area contributed by atoms with Crippen LogP contribution in [0.5, 0.6) is 0 Å². The van der Waals surface area contributed by atoms with Gasteiger partial charge in [-0.05, 0) is 56.7 Å². The molecule has 252 valence electrons. The van der Waals surface area contributed by atoms with Crippen LogP contribution in [-0.2, 0) is 28.9 Å². The molecule has 1 aromatic heterocycles. The van der Waals surface area contributed by atoms with Crippen molar-refractivity contribution in [3.63, 3.8) is 0 Å². The SMILES string of the molecule is CC(C)(C)OC(=O)N[C@@H](Cc1ccccc1)[C@@H](O)CC(Cc1ccccc1)c1ncc(C(=O)N(C(=N)N)C(=O)OCc2ccccc2)s1. The average Bonchev–Trinajstić information content (AvgIpc) is 3.54. The third-order valence-corrected chi connectivity index (χ3v) is 8.38. The largest absolute Gasteiger partial charge is 0.444 e. The molecule has 3 amide bonds. The van der Waals surface area contributed by atoms with Crippen molar-refractivity contribution in [1.82, 2.24) is 15.2 Å². The first-order valence-electron chi connectivity index (χ1n) is 15.5. The van der Waals surface area contributed by atoms with Gasteiger partial charge in [0.25, 0.3) is 5.91 Å². The van der Waals surface area contributed by atoms with Gasteiger partial charge in [-0.15, -0.1) is 11.3 Å². The summed E-state index contributed by atoms with van der Waals surface area (Å²) in [7, 11) is 0. The molecule has 0 fully saturated rings. The average molecular weight is 672 g/mol. The van der Waals surface area contributed by atoms with Crippen molar-refractivity contribution in [3.05, 3.63) is 124 Å². The first kappa shape index (κ1) is 35.8. The Labute approximate surface area is 284 Å². The van der Waals surface area contributed by atoms with Crippen LogP contribution in [0.3, 0.4) is 0 Å². The predicted molar refractivity (Wildman–Crippen MR) is 184 cm³/mol. The molecular weight excluding hydrogens is 630 g/mol. The lowest BCUT2D eigenvalue weighted by atomic mass is 9.89. The molecule has 5 N–H and O–H groups in total. The number of nitrogens with one attached hydrogen (secondary N) is 2. The van der Waals surface area contributed by atoms with Crippen LogP contribution in [0.1, 0.15) is 64.5 Å². The minimum atomic E-state index is -1.08. The van der Waals surface area contributed by atoms with Crippen molar-refractivity contribution >= 4 is 35.4 Å². The first-order valence-corrected chi connectivity index (χ1v) is 16.3. The minimum absolute atomic E-state index is 0.0668. The molecule has 0 aliphatic rings. The summed E-state index contributed by atoms with van der Waals surface area (Å²) in [6, 6.07) is 27.4. The number of hydrogen-bond donors (Lipinski definition) is 4. The van der Waals surface area contributed by atoms with Gasteiger partial charge in [0.2, 0.25) is 5.96 Å². The number of alkyl carbamates (subject to hydrolysis) is 1. The maximum absolute atomic E-state index is 13.5. The van der Waals surface area contributed by atoms with Crippen molar-refractivity contribution in [2.24, 2.45) is 5.73 Å². The van der Waals surface area contributed by atoms with E-state index in [4.69, 9.17) is 20.6 Å². The molecule has 48 heavy (non-hydrogen) atoms. The summed E-state index contributed by atoms with van der Waals surface area (Å²) in [6.45, 7) is 5.19. The number of aliphatic hydroxyl groups is 1. The number of imide groups is 1. The number of nitrogens with two attached hydrogens (primary N) is 1. The van der Waals surface area contributed by atoms with Crippen molar-refractivity contribution < 1.29 is 29.0 Å². The number of guanidine groups is 1. The van der Waals surface area contributed by atoms with Crippen LogP contribution in [0.4, 0.5) is 9.59 Å². The minimum Gasteiger partial charge on any atom is -0.444 e. The molecule has 4 aromatic rings. The highest BCUT2D eigenvalue weighted by Gasteiger charge is 2.32. The number of aliphatic hydroxyl groups excluding tert-OH is 1. The summed E-state index contributed by atoms with van der Waals surface area (Å²) in [4.78, 5) is 44.2. The third-order valence-electron chi connectivity index (χ3n) is 7.23. The number of rotatable bonds is 12. The van der Waals surface area contributed by atoms with E-state index in [1.54, 1.807) is 45.0 Å².